The molecule has 9 nitrogen and oxygen atoms in total. The quantitative estimate of drug-likeness (QED) is 0.348. The first-order chi connectivity index (χ1) is 11.0. The van der Waals surface area contributed by atoms with Crippen LogP contribution in [0.15, 0.2) is 12.7 Å². The van der Waals surface area contributed by atoms with Crippen molar-refractivity contribution in [3.63, 3.8) is 0 Å². The van der Waals surface area contributed by atoms with Gasteiger partial charge in [0.05, 0.1) is 19.5 Å². The minimum atomic E-state index is -1.40. The standard InChI is InChI=1S/C12H17N5O4S2/c13-9-7-10(15-4-14-9)17(5-16-7)11-12(23,20-1-2-22)8(19)6(3-18)21-11/h4-6,8,11,18-19,22-23H,1-3H2,(H2,13,14,15)/t6-,8-,11-,12-/m1/s1. The van der Waals surface area contributed by atoms with Crippen LogP contribution in [0.5, 0.6) is 0 Å². The molecule has 0 spiro atoms. The normalized spacial score (nSPS) is 31.0. The van der Waals surface area contributed by atoms with Gasteiger partial charge in [-0.05, 0) is 0 Å². The molecule has 3 heterocycles. The molecule has 2 aromatic heterocycles. The summed E-state index contributed by atoms with van der Waals surface area (Å²) in [4.78, 5) is 10.8. The number of hydrogen-bond donors (Lipinski definition) is 5. The van der Waals surface area contributed by atoms with Crippen LogP contribution >= 0.6 is 25.3 Å². The average molecular weight is 359 g/mol. The third-order valence-corrected chi connectivity index (χ3v) is 4.47. The van der Waals surface area contributed by atoms with E-state index in [4.69, 9.17) is 15.2 Å². The van der Waals surface area contributed by atoms with Crippen LogP contribution in [0, 0.1) is 0 Å². The van der Waals surface area contributed by atoms with E-state index < -0.39 is 23.4 Å². The fourth-order valence-corrected chi connectivity index (χ4v) is 3.10. The van der Waals surface area contributed by atoms with Crippen LogP contribution in [0.1, 0.15) is 6.23 Å². The van der Waals surface area contributed by atoms with E-state index in [-0.39, 0.29) is 19.0 Å². The molecule has 4 atom stereocenters. The highest BCUT2D eigenvalue weighted by Crippen LogP contribution is 2.45. The zero-order chi connectivity index (χ0) is 16.6. The van der Waals surface area contributed by atoms with Gasteiger partial charge in [-0.25, -0.2) is 15.0 Å². The van der Waals surface area contributed by atoms with Crippen molar-refractivity contribution >= 4 is 42.2 Å². The van der Waals surface area contributed by atoms with Gasteiger partial charge in [0.1, 0.15) is 24.1 Å². The Morgan fingerprint density at radius 1 is 1.43 bits per heavy atom. The zero-order valence-electron chi connectivity index (χ0n) is 12.0. The van der Waals surface area contributed by atoms with E-state index in [1.807, 2.05) is 0 Å². The maximum atomic E-state index is 10.4. The molecule has 11 heteroatoms. The highest BCUT2D eigenvalue weighted by molar-refractivity contribution is 7.81. The molecule has 2 aromatic rings. The molecule has 0 unspecified atom stereocenters. The number of nitrogen functional groups attached to an aromatic ring is 1. The van der Waals surface area contributed by atoms with E-state index in [2.05, 4.69) is 40.2 Å². The first-order valence-electron chi connectivity index (χ1n) is 6.87. The third-order valence-electron chi connectivity index (χ3n) is 3.68. The molecule has 0 radical (unpaired) electrons. The van der Waals surface area contributed by atoms with Gasteiger partial charge in [0, 0.05) is 5.75 Å². The molecule has 0 amide bonds. The number of thiol groups is 2. The number of rotatable bonds is 5. The van der Waals surface area contributed by atoms with Crippen molar-refractivity contribution in [2.24, 2.45) is 0 Å². The second-order valence-corrected chi connectivity index (χ2v) is 6.21. The molecule has 1 saturated heterocycles. The lowest BCUT2D eigenvalue weighted by Crippen LogP contribution is -2.45. The summed E-state index contributed by atoms with van der Waals surface area (Å²) >= 11 is 8.59. The zero-order valence-corrected chi connectivity index (χ0v) is 13.8. The van der Waals surface area contributed by atoms with Crippen LogP contribution in [0.25, 0.3) is 11.2 Å². The number of aliphatic hydroxyl groups excluding tert-OH is 2. The predicted octanol–water partition coefficient (Wildman–Crippen LogP) is -0.768. The molecule has 4 N–H and O–H groups in total. The second-order valence-electron chi connectivity index (χ2n) is 5.06. The summed E-state index contributed by atoms with van der Waals surface area (Å²) < 4.78 is 13.0. The lowest BCUT2D eigenvalue weighted by molar-refractivity contribution is -0.0853. The van der Waals surface area contributed by atoms with E-state index in [0.717, 1.165) is 0 Å². The van der Waals surface area contributed by atoms with Crippen molar-refractivity contribution in [3.8, 4) is 0 Å². The Morgan fingerprint density at radius 2 is 2.22 bits per heavy atom. The summed E-state index contributed by atoms with van der Waals surface area (Å²) in [7, 11) is 0. The van der Waals surface area contributed by atoms with Gasteiger partial charge in [0.15, 0.2) is 22.6 Å². The number of aliphatic hydroxyl groups is 2. The van der Waals surface area contributed by atoms with Gasteiger partial charge in [0.25, 0.3) is 0 Å². The Balaban J connectivity index is 2.05. The van der Waals surface area contributed by atoms with E-state index >= 15 is 0 Å². The molecule has 1 fully saturated rings. The van der Waals surface area contributed by atoms with Gasteiger partial charge < -0.3 is 25.4 Å². The number of nitrogens with zero attached hydrogens (tertiary/aromatic N) is 4. The smallest absolute Gasteiger partial charge is 0.184 e. The monoisotopic (exact) mass is 359 g/mol. The van der Waals surface area contributed by atoms with Crippen LogP contribution < -0.4 is 5.73 Å². The van der Waals surface area contributed by atoms with Gasteiger partial charge >= 0.3 is 0 Å². The van der Waals surface area contributed by atoms with Crippen molar-refractivity contribution in [1.29, 1.82) is 0 Å². The summed E-state index contributed by atoms with van der Waals surface area (Å²) in [6.45, 7) is -0.139. The van der Waals surface area contributed by atoms with Gasteiger partial charge in [-0.1, -0.05) is 0 Å². The van der Waals surface area contributed by atoms with E-state index in [0.29, 0.717) is 16.9 Å². The maximum absolute atomic E-state index is 10.4. The lowest BCUT2D eigenvalue weighted by Gasteiger charge is -2.32. The largest absolute Gasteiger partial charge is 0.394 e. The van der Waals surface area contributed by atoms with Crippen LogP contribution in [0.2, 0.25) is 0 Å². The topological polar surface area (TPSA) is 129 Å². The number of fused-ring (bicyclic) bond motifs is 1. The van der Waals surface area contributed by atoms with Crippen LogP contribution in [-0.2, 0) is 9.47 Å². The first-order valence-corrected chi connectivity index (χ1v) is 7.95. The summed E-state index contributed by atoms with van der Waals surface area (Å²) in [5, 5.41) is 19.8. The fraction of sp³-hybridized carbons (Fsp3) is 0.583. The summed E-state index contributed by atoms with van der Waals surface area (Å²) in [6, 6.07) is 0. The maximum Gasteiger partial charge on any atom is 0.184 e. The van der Waals surface area contributed by atoms with Crippen molar-refractivity contribution < 1.29 is 19.7 Å². The highest BCUT2D eigenvalue weighted by atomic mass is 32.1. The number of nitrogens with two attached hydrogens (primary N) is 1. The van der Waals surface area contributed by atoms with Crippen molar-refractivity contribution in [2.75, 3.05) is 24.7 Å². The Bertz CT molecular complexity index is 701. The molecule has 126 valence electrons. The molecule has 0 saturated carbocycles. The molecule has 1 aliphatic rings. The lowest BCUT2D eigenvalue weighted by atomic mass is 10.1. The first kappa shape index (κ1) is 16.7. The summed E-state index contributed by atoms with van der Waals surface area (Å²) in [6.07, 6.45) is -0.106. The molecule has 0 aromatic carbocycles. The van der Waals surface area contributed by atoms with E-state index in [1.165, 1.54) is 12.7 Å². The Kier molecular flexibility index (Phi) is 4.67. The number of ether oxygens (including phenoxy) is 2. The van der Waals surface area contributed by atoms with Crippen LogP contribution in [0.4, 0.5) is 5.82 Å². The Labute approximate surface area is 142 Å². The van der Waals surface area contributed by atoms with Crippen molar-refractivity contribution in [3.05, 3.63) is 12.7 Å². The van der Waals surface area contributed by atoms with Gasteiger partial charge in [0.2, 0.25) is 0 Å². The number of aromatic nitrogens is 4. The van der Waals surface area contributed by atoms with E-state index in [1.54, 1.807) is 4.57 Å². The third kappa shape index (κ3) is 2.66. The minimum Gasteiger partial charge on any atom is -0.394 e. The molecular formula is C12H17N5O4S2. The second kappa shape index (κ2) is 6.42. The van der Waals surface area contributed by atoms with Gasteiger partial charge in [-0.15, -0.1) is 12.6 Å². The van der Waals surface area contributed by atoms with E-state index in [9.17, 15) is 10.2 Å². The number of anilines is 1. The van der Waals surface area contributed by atoms with Crippen LogP contribution in [-0.4, -0.2) is 65.8 Å². The molecule has 3 rings (SSSR count). The minimum absolute atomic E-state index is 0.229. The van der Waals surface area contributed by atoms with Crippen LogP contribution in [0.3, 0.4) is 0 Å². The van der Waals surface area contributed by atoms with Crippen molar-refractivity contribution in [1.82, 2.24) is 19.5 Å². The predicted molar refractivity (Wildman–Crippen MR) is 88.3 cm³/mol. The summed E-state index contributed by atoms with van der Waals surface area (Å²) in [5.74, 6) is 0.665. The average Bonchev–Trinajstić information content (AvgIpc) is 3.07. The fourth-order valence-electron chi connectivity index (χ4n) is 2.57. The van der Waals surface area contributed by atoms with Crippen molar-refractivity contribution in [2.45, 2.75) is 23.4 Å². The Morgan fingerprint density at radius 3 is 2.91 bits per heavy atom. The number of imidazole rings is 1. The molecular weight excluding hydrogens is 342 g/mol. The molecule has 0 aliphatic carbocycles. The molecule has 1 aliphatic heterocycles. The van der Waals surface area contributed by atoms with Gasteiger partial charge in [-0.3, -0.25) is 4.57 Å². The SMILES string of the molecule is Nc1ncnc2c1ncn2[C@@H]1O[C@H](CO)[C@@H](O)[C@]1(S)OCCS. The molecule has 0 bridgehead atoms. The summed E-state index contributed by atoms with van der Waals surface area (Å²) in [5.41, 5.74) is 6.60. The highest BCUT2D eigenvalue weighted by Gasteiger charge is 2.56. The number of hydrogen-bond acceptors (Lipinski definition) is 10. The van der Waals surface area contributed by atoms with Gasteiger partial charge in [-0.2, -0.15) is 12.6 Å². The Hall–Kier alpha value is -1.11. The molecule has 23 heavy (non-hydrogen) atoms.